The largest absolute Gasteiger partial charge is 0.497 e. The van der Waals surface area contributed by atoms with Crippen molar-refractivity contribution in [3.8, 4) is 5.75 Å². The van der Waals surface area contributed by atoms with Crippen molar-refractivity contribution in [2.24, 2.45) is 5.92 Å². The molecule has 1 atom stereocenters. The lowest BCUT2D eigenvalue weighted by Gasteiger charge is -2.35. The monoisotopic (exact) mass is 443 g/mol. The van der Waals surface area contributed by atoms with E-state index in [0.717, 1.165) is 0 Å². The van der Waals surface area contributed by atoms with Crippen LogP contribution in [0.2, 0.25) is 0 Å². The third-order valence-electron chi connectivity index (χ3n) is 5.55. The first-order valence-corrected chi connectivity index (χ1v) is 10.5. The maximum Gasteiger partial charge on any atom is 0.252 e. The van der Waals surface area contributed by atoms with Crippen molar-refractivity contribution in [1.29, 1.82) is 0 Å². The first kappa shape index (κ1) is 23.3. The summed E-state index contributed by atoms with van der Waals surface area (Å²) < 4.78 is 15.4. The standard InChI is InChI=1S/C23H29N3O6/c1-30-15-20(27)26-10-8-16(9-11-26)21(23(29)24-14-19-7-4-12-32-19)25-22(28)17-5-3-6-18(13-17)31-2/h3-7,12-13,16,21H,8-11,14-15H2,1-2H3,(H,24,29)(H,25,28). The number of piperidine rings is 1. The van der Waals surface area contributed by atoms with E-state index in [1.165, 1.54) is 20.5 Å². The number of methoxy groups -OCH3 is 2. The molecule has 0 aliphatic carbocycles. The van der Waals surface area contributed by atoms with E-state index in [1.807, 2.05) is 0 Å². The number of furan rings is 1. The van der Waals surface area contributed by atoms with E-state index in [2.05, 4.69) is 10.6 Å². The SMILES string of the molecule is COCC(=O)N1CCC(C(NC(=O)c2cccc(OC)c2)C(=O)NCc2ccco2)CC1. The molecule has 1 aliphatic rings. The molecule has 1 aromatic carbocycles. The molecule has 1 saturated heterocycles. The topological polar surface area (TPSA) is 110 Å². The average Bonchev–Trinajstić information content (AvgIpc) is 3.35. The highest BCUT2D eigenvalue weighted by Crippen LogP contribution is 2.22. The van der Waals surface area contributed by atoms with Gasteiger partial charge in [0, 0.05) is 25.8 Å². The van der Waals surface area contributed by atoms with Crippen LogP contribution in [0.1, 0.15) is 29.0 Å². The summed E-state index contributed by atoms with van der Waals surface area (Å²) in [4.78, 5) is 39.8. The number of hydrogen-bond donors (Lipinski definition) is 2. The summed E-state index contributed by atoms with van der Waals surface area (Å²) in [5.41, 5.74) is 0.404. The number of carbonyl (C=O) groups excluding carboxylic acids is 3. The Bertz CT molecular complexity index is 906. The van der Waals surface area contributed by atoms with Crippen molar-refractivity contribution in [1.82, 2.24) is 15.5 Å². The van der Waals surface area contributed by atoms with Gasteiger partial charge in [0.1, 0.15) is 24.2 Å². The molecule has 2 heterocycles. The Labute approximate surface area is 187 Å². The molecule has 9 heteroatoms. The maximum atomic E-state index is 13.1. The molecule has 1 fully saturated rings. The fourth-order valence-corrected chi connectivity index (χ4v) is 3.78. The van der Waals surface area contributed by atoms with Gasteiger partial charge in [0.25, 0.3) is 5.91 Å². The molecule has 0 radical (unpaired) electrons. The summed E-state index contributed by atoms with van der Waals surface area (Å²) in [6, 6.07) is 9.53. The van der Waals surface area contributed by atoms with E-state index in [0.29, 0.717) is 43.0 Å². The summed E-state index contributed by atoms with van der Waals surface area (Å²) in [6.07, 6.45) is 2.72. The van der Waals surface area contributed by atoms with Crippen molar-refractivity contribution in [3.05, 3.63) is 54.0 Å². The van der Waals surface area contributed by atoms with Crippen LogP contribution in [0.15, 0.2) is 47.1 Å². The Morgan fingerprint density at radius 1 is 1.16 bits per heavy atom. The molecular weight excluding hydrogens is 414 g/mol. The first-order chi connectivity index (χ1) is 15.5. The van der Waals surface area contributed by atoms with Gasteiger partial charge >= 0.3 is 0 Å². The normalized spacial score (nSPS) is 15.1. The Balaban J connectivity index is 1.69. The molecule has 0 bridgehead atoms. The van der Waals surface area contributed by atoms with Gasteiger partial charge in [-0.15, -0.1) is 0 Å². The zero-order chi connectivity index (χ0) is 22.9. The van der Waals surface area contributed by atoms with E-state index >= 15 is 0 Å². The molecule has 172 valence electrons. The number of ether oxygens (including phenoxy) is 2. The smallest absolute Gasteiger partial charge is 0.252 e. The Kier molecular flexibility index (Phi) is 8.27. The molecule has 32 heavy (non-hydrogen) atoms. The van der Waals surface area contributed by atoms with Gasteiger partial charge in [-0.3, -0.25) is 14.4 Å². The predicted octanol–water partition coefficient (Wildman–Crippen LogP) is 1.59. The van der Waals surface area contributed by atoms with Crippen molar-refractivity contribution in [3.63, 3.8) is 0 Å². The van der Waals surface area contributed by atoms with Gasteiger partial charge in [0.2, 0.25) is 11.8 Å². The second-order valence-electron chi connectivity index (χ2n) is 7.63. The van der Waals surface area contributed by atoms with Gasteiger partial charge in [-0.2, -0.15) is 0 Å². The number of rotatable bonds is 9. The van der Waals surface area contributed by atoms with Crippen LogP contribution in [0.25, 0.3) is 0 Å². The molecule has 1 aromatic heterocycles. The van der Waals surface area contributed by atoms with Crippen molar-refractivity contribution in [2.45, 2.75) is 25.4 Å². The Morgan fingerprint density at radius 2 is 1.94 bits per heavy atom. The molecule has 9 nitrogen and oxygen atoms in total. The average molecular weight is 444 g/mol. The fourth-order valence-electron chi connectivity index (χ4n) is 3.78. The van der Waals surface area contributed by atoms with E-state index in [1.54, 1.807) is 41.3 Å². The lowest BCUT2D eigenvalue weighted by molar-refractivity contribution is -0.136. The molecule has 3 rings (SSSR count). The number of hydrogen-bond acceptors (Lipinski definition) is 6. The number of amides is 3. The molecular formula is C23H29N3O6. The number of nitrogens with one attached hydrogen (secondary N) is 2. The van der Waals surface area contributed by atoms with E-state index < -0.39 is 6.04 Å². The van der Waals surface area contributed by atoms with Gasteiger partial charge in [-0.25, -0.2) is 0 Å². The molecule has 0 saturated carbocycles. The minimum absolute atomic E-state index is 0.0320. The summed E-state index contributed by atoms with van der Waals surface area (Å²) in [5.74, 6) is 0.329. The van der Waals surface area contributed by atoms with E-state index in [9.17, 15) is 14.4 Å². The molecule has 1 unspecified atom stereocenters. The summed E-state index contributed by atoms with van der Waals surface area (Å²) in [5, 5.41) is 5.73. The minimum atomic E-state index is -0.747. The summed E-state index contributed by atoms with van der Waals surface area (Å²) in [6.45, 7) is 1.26. The second kappa shape index (κ2) is 11.3. The summed E-state index contributed by atoms with van der Waals surface area (Å²) >= 11 is 0. The van der Waals surface area contributed by atoms with Crippen LogP contribution in [-0.4, -0.2) is 62.6 Å². The minimum Gasteiger partial charge on any atom is -0.497 e. The highest BCUT2D eigenvalue weighted by Gasteiger charge is 2.34. The zero-order valence-electron chi connectivity index (χ0n) is 18.3. The Hall–Kier alpha value is -3.33. The Morgan fingerprint density at radius 3 is 2.59 bits per heavy atom. The third kappa shape index (κ3) is 6.10. The van der Waals surface area contributed by atoms with E-state index in [-0.39, 0.29) is 36.8 Å². The van der Waals surface area contributed by atoms with Gasteiger partial charge in [-0.1, -0.05) is 6.07 Å². The van der Waals surface area contributed by atoms with Crippen molar-refractivity contribution in [2.75, 3.05) is 33.9 Å². The van der Waals surface area contributed by atoms with Crippen molar-refractivity contribution >= 4 is 17.7 Å². The zero-order valence-corrected chi connectivity index (χ0v) is 18.3. The van der Waals surface area contributed by atoms with E-state index in [4.69, 9.17) is 13.9 Å². The van der Waals surface area contributed by atoms with Gasteiger partial charge in [-0.05, 0) is 49.1 Å². The predicted molar refractivity (Wildman–Crippen MR) is 116 cm³/mol. The first-order valence-electron chi connectivity index (χ1n) is 10.5. The quantitative estimate of drug-likeness (QED) is 0.609. The van der Waals surface area contributed by atoms with Crippen LogP contribution < -0.4 is 15.4 Å². The molecule has 0 spiro atoms. The van der Waals surface area contributed by atoms with Crippen LogP contribution in [0, 0.1) is 5.92 Å². The van der Waals surface area contributed by atoms with Gasteiger partial charge in [0.15, 0.2) is 0 Å². The van der Waals surface area contributed by atoms with Crippen LogP contribution in [0.3, 0.4) is 0 Å². The molecule has 2 N–H and O–H groups in total. The lowest BCUT2D eigenvalue weighted by atomic mass is 9.88. The van der Waals surface area contributed by atoms with Crippen LogP contribution >= 0.6 is 0 Å². The van der Waals surface area contributed by atoms with Crippen LogP contribution in [0.4, 0.5) is 0 Å². The number of benzene rings is 1. The van der Waals surface area contributed by atoms with Gasteiger partial charge in [0.05, 0.1) is 19.9 Å². The number of likely N-dealkylation sites (tertiary alicyclic amines) is 1. The summed E-state index contributed by atoms with van der Waals surface area (Å²) in [7, 11) is 3.01. The van der Waals surface area contributed by atoms with Crippen LogP contribution in [-0.2, 0) is 20.9 Å². The molecule has 3 amide bonds. The number of nitrogens with zero attached hydrogens (tertiary/aromatic N) is 1. The highest BCUT2D eigenvalue weighted by molar-refractivity contribution is 5.98. The third-order valence-corrected chi connectivity index (χ3v) is 5.55. The number of carbonyl (C=O) groups is 3. The lowest BCUT2D eigenvalue weighted by Crippen LogP contribution is -2.53. The molecule has 1 aliphatic heterocycles. The molecule has 2 aromatic rings. The second-order valence-corrected chi connectivity index (χ2v) is 7.63. The van der Waals surface area contributed by atoms with Crippen LogP contribution in [0.5, 0.6) is 5.75 Å². The fraction of sp³-hybridized carbons (Fsp3) is 0.435. The van der Waals surface area contributed by atoms with Gasteiger partial charge < -0.3 is 29.4 Å². The maximum absolute atomic E-state index is 13.1. The highest BCUT2D eigenvalue weighted by atomic mass is 16.5. The van der Waals surface area contributed by atoms with Crippen molar-refractivity contribution < 1.29 is 28.3 Å².